The summed E-state index contributed by atoms with van der Waals surface area (Å²) in [6.45, 7) is 2.31. The number of halogens is 1. The summed E-state index contributed by atoms with van der Waals surface area (Å²) < 4.78 is 5.51. The van der Waals surface area contributed by atoms with E-state index in [0.717, 1.165) is 17.7 Å². The first-order chi connectivity index (χ1) is 7.68. The van der Waals surface area contributed by atoms with E-state index in [-0.39, 0.29) is 24.4 Å². The molecule has 94 valence electrons. The molecule has 0 aromatic heterocycles. The summed E-state index contributed by atoms with van der Waals surface area (Å²) in [5.41, 5.74) is 6.56. The molecule has 1 amide bonds. The van der Waals surface area contributed by atoms with Crippen LogP contribution in [0.5, 0.6) is 5.75 Å². The van der Waals surface area contributed by atoms with Crippen LogP contribution in [0.3, 0.4) is 0 Å². The van der Waals surface area contributed by atoms with Gasteiger partial charge in [-0.3, -0.25) is 4.79 Å². The predicted octanol–water partition coefficient (Wildman–Crippen LogP) is 1.40. The molecule has 0 fully saturated rings. The number of fused-ring (bicyclic) bond motifs is 1. The fourth-order valence-corrected chi connectivity index (χ4v) is 1.80. The first kappa shape index (κ1) is 13.8. The second kappa shape index (κ2) is 5.89. The molecule has 1 aliphatic heterocycles. The highest BCUT2D eigenvalue weighted by molar-refractivity contribution is 5.85. The van der Waals surface area contributed by atoms with Crippen LogP contribution in [-0.4, -0.2) is 18.6 Å². The zero-order valence-electron chi connectivity index (χ0n) is 9.68. The molecule has 0 saturated heterocycles. The third kappa shape index (κ3) is 3.11. The Balaban J connectivity index is 0.00000144. The maximum absolute atomic E-state index is 11.5. The van der Waals surface area contributed by atoms with Crippen LogP contribution < -0.4 is 15.8 Å². The third-order valence-corrected chi connectivity index (χ3v) is 2.69. The number of benzene rings is 1. The first-order valence-corrected chi connectivity index (χ1v) is 5.46. The molecule has 1 unspecified atom stereocenters. The summed E-state index contributed by atoms with van der Waals surface area (Å²) in [6, 6.07) is 7.30. The molecule has 2 atom stereocenters. The fraction of sp³-hybridized carbons (Fsp3) is 0.417. The van der Waals surface area contributed by atoms with Crippen molar-refractivity contribution in [2.24, 2.45) is 5.73 Å². The first-order valence-electron chi connectivity index (χ1n) is 5.46. The van der Waals surface area contributed by atoms with Gasteiger partial charge in [-0.05, 0) is 13.0 Å². The summed E-state index contributed by atoms with van der Waals surface area (Å²) in [5.74, 6) is 0.727. The largest absolute Gasteiger partial charge is 0.493 e. The molecule has 0 bridgehead atoms. The highest BCUT2D eigenvalue weighted by atomic mass is 35.5. The Morgan fingerprint density at radius 3 is 2.94 bits per heavy atom. The topological polar surface area (TPSA) is 64.4 Å². The number of carbonyl (C=O) groups is 1. The van der Waals surface area contributed by atoms with Gasteiger partial charge < -0.3 is 15.8 Å². The molecule has 1 aliphatic rings. The van der Waals surface area contributed by atoms with Gasteiger partial charge in [0.1, 0.15) is 5.75 Å². The smallest absolute Gasteiger partial charge is 0.237 e. The van der Waals surface area contributed by atoms with Crippen LogP contribution in [0.4, 0.5) is 0 Å². The minimum atomic E-state index is -0.477. The number of para-hydroxylation sites is 1. The van der Waals surface area contributed by atoms with Crippen LogP contribution in [0.2, 0.25) is 0 Å². The SMILES string of the molecule is C[C@H](N)C(=O)NC1CCOc2ccccc21.Cl. The molecular formula is C12H17ClN2O2. The average Bonchev–Trinajstić information content (AvgIpc) is 2.29. The van der Waals surface area contributed by atoms with E-state index in [1.54, 1.807) is 6.92 Å². The van der Waals surface area contributed by atoms with Crippen LogP contribution in [0.15, 0.2) is 24.3 Å². The van der Waals surface area contributed by atoms with Crippen molar-refractivity contribution in [3.63, 3.8) is 0 Å². The molecule has 5 heteroatoms. The molecule has 1 aromatic rings. The van der Waals surface area contributed by atoms with Crippen LogP contribution >= 0.6 is 12.4 Å². The normalized spacial score (nSPS) is 19.3. The van der Waals surface area contributed by atoms with Gasteiger partial charge in [0.15, 0.2) is 0 Å². The third-order valence-electron chi connectivity index (χ3n) is 2.69. The number of amides is 1. The van der Waals surface area contributed by atoms with Gasteiger partial charge in [0.2, 0.25) is 5.91 Å². The number of ether oxygens (including phenoxy) is 1. The summed E-state index contributed by atoms with van der Waals surface area (Å²) >= 11 is 0. The van der Waals surface area contributed by atoms with Crippen molar-refractivity contribution in [3.05, 3.63) is 29.8 Å². The lowest BCUT2D eigenvalue weighted by atomic mass is 10.0. The Kier molecular flexibility index (Phi) is 4.78. The van der Waals surface area contributed by atoms with Crippen molar-refractivity contribution < 1.29 is 9.53 Å². The second-order valence-electron chi connectivity index (χ2n) is 4.02. The van der Waals surface area contributed by atoms with Crippen molar-refractivity contribution in [1.82, 2.24) is 5.32 Å². The summed E-state index contributed by atoms with van der Waals surface area (Å²) in [4.78, 5) is 11.5. The lowest BCUT2D eigenvalue weighted by molar-refractivity contribution is -0.122. The van der Waals surface area contributed by atoms with Gasteiger partial charge in [0, 0.05) is 12.0 Å². The molecule has 3 N–H and O–H groups in total. The summed E-state index contributed by atoms with van der Waals surface area (Å²) in [7, 11) is 0. The van der Waals surface area contributed by atoms with Crippen LogP contribution in [-0.2, 0) is 4.79 Å². The van der Waals surface area contributed by atoms with E-state index in [1.165, 1.54) is 0 Å². The molecule has 0 aliphatic carbocycles. The van der Waals surface area contributed by atoms with E-state index in [0.29, 0.717) is 6.61 Å². The molecule has 0 spiro atoms. The Labute approximate surface area is 107 Å². The lowest BCUT2D eigenvalue weighted by Gasteiger charge is -2.27. The monoisotopic (exact) mass is 256 g/mol. The molecule has 0 radical (unpaired) electrons. The van der Waals surface area contributed by atoms with Crippen molar-refractivity contribution >= 4 is 18.3 Å². The number of hydrogen-bond acceptors (Lipinski definition) is 3. The Morgan fingerprint density at radius 1 is 1.53 bits per heavy atom. The molecule has 1 aromatic carbocycles. The van der Waals surface area contributed by atoms with Gasteiger partial charge in [-0.1, -0.05) is 18.2 Å². The molecule has 1 heterocycles. The van der Waals surface area contributed by atoms with Gasteiger partial charge in [-0.15, -0.1) is 12.4 Å². The Morgan fingerprint density at radius 2 is 2.24 bits per heavy atom. The van der Waals surface area contributed by atoms with Gasteiger partial charge in [0.25, 0.3) is 0 Å². The Hall–Kier alpha value is -1.26. The van der Waals surface area contributed by atoms with Crippen molar-refractivity contribution in [2.75, 3.05) is 6.61 Å². The summed E-state index contributed by atoms with van der Waals surface area (Å²) in [6.07, 6.45) is 0.787. The zero-order chi connectivity index (χ0) is 11.5. The zero-order valence-corrected chi connectivity index (χ0v) is 10.5. The minimum absolute atomic E-state index is 0. The van der Waals surface area contributed by atoms with Crippen LogP contribution in [0.1, 0.15) is 24.9 Å². The fourth-order valence-electron chi connectivity index (χ4n) is 1.80. The van der Waals surface area contributed by atoms with E-state index >= 15 is 0 Å². The molecular weight excluding hydrogens is 240 g/mol. The van der Waals surface area contributed by atoms with Gasteiger partial charge in [-0.25, -0.2) is 0 Å². The summed E-state index contributed by atoms with van der Waals surface area (Å²) in [5, 5.41) is 2.93. The minimum Gasteiger partial charge on any atom is -0.493 e. The predicted molar refractivity (Wildman–Crippen MR) is 68.3 cm³/mol. The van der Waals surface area contributed by atoms with E-state index in [4.69, 9.17) is 10.5 Å². The van der Waals surface area contributed by atoms with Crippen LogP contribution in [0, 0.1) is 0 Å². The van der Waals surface area contributed by atoms with Crippen molar-refractivity contribution in [1.29, 1.82) is 0 Å². The highest BCUT2D eigenvalue weighted by Gasteiger charge is 2.23. The Bertz CT molecular complexity index is 396. The molecule has 17 heavy (non-hydrogen) atoms. The lowest BCUT2D eigenvalue weighted by Crippen LogP contribution is -2.41. The van der Waals surface area contributed by atoms with E-state index in [9.17, 15) is 4.79 Å². The van der Waals surface area contributed by atoms with Crippen molar-refractivity contribution in [2.45, 2.75) is 25.4 Å². The molecule has 4 nitrogen and oxygen atoms in total. The standard InChI is InChI=1S/C12H16N2O2.ClH/c1-8(13)12(15)14-10-6-7-16-11-5-3-2-4-9(10)11;/h2-5,8,10H,6-7,13H2,1H3,(H,14,15);1H/t8-,10?;/m0./s1. The van der Waals surface area contributed by atoms with Crippen LogP contribution in [0.25, 0.3) is 0 Å². The maximum atomic E-state index is 11.5. The number of hydrogen-bond donors (Lipinski definition) is 2. The quantitative estimate of drug-likeness (QED) is 0.841. The maximum Gasteiger partial charge on any atom is 0.237 e. The number of nitrogens with one attached hydrogen (secondary N) is 1. The highest BCUT2D eigenvalue weighted by Crippen LogP contribution is 2.31. The number of rotatable bonds is 2. The van der Waals surface area contributed by atoms with E-state index in [1.807, 2.05) is 24.3 Å². The van der Waals surface area contributed by atoms with E-state index < -0.39 is 6.04 Å². The van der Waals surface area contributed by atoms with Gasteiger partial charge in [-0.2, -0.15) is 0 Å². The van der Waals surface area contributed by atoms with Crippen molar-refractivity contribution in [3.8, 4) is 5.75 Å². The second-order valence-corrected chi connectivity index (χ2v) is 4.02. The number of nitrogens with two attached hydrogens (primary N) is 1. The number of carbonyl (C=O) groups excluding carboxylic acids is 1. The van der Waals surface area contributed by atoms with E-state index in [2.05, 4.69) is 5.32 Å². The molecule has 0 saturated carbocycles. The molecule has 2 rings (SSSR count). The average molecular weight is 257 g/mol. The van der Waals surface area contributed by atoms with Gasteiger partial charge >= 0.3 is 0 Å². The van der Waals surface area contributed by atoms with Gasteiger partial charge in [0.05, 0.1) is 18.7 Å².